The molecule has 1 N–H and O–H groups in total. The van der Waals surface area contributed by atoms with Crippen molar-refractivity contribution in [2.45, 2.75) is 13.8 Å². The van der Waals surface area contributed by atoms with Gasteiger partial charge in [0.2, 0.25) is 0 Å². The van der Waals surface area contributed by atoms with Crippen LogP contribution in [-0.2, 0) is 7.05 Å². The van der Waals surface area contributed by atoms with Crippen LogP contribution in [0.25, 0.3) is 0 Å². The molecule has 17 heavy (non-hydrogen) atoms. The molecule has 1 heterocycles. The first-order chi connectivity index (χ1) is 8.08. The number of anilines is 1. The van der Waals surface area contributed by atoms with Gasteiger partial charge in [0, 0.05) is 12.7 Å². The van der Waals surface area contributed by atoms with Crippen LogP contribution in [0.2, 0.25) is 0 Å². The first-order valence-corrected chi connectivity index (χ1v) is 5.45. The maximum atomic E-state index is 12.0. The Labute approximate surface area is 100 Å². The fourth-order valence-corrected chi connectivity index (χ4v) is 1.72. The fourth-order valence-electron chi connectivity index (χ4n) is 1.72. The number of carbonyl (C=O) groups excluding carboxylic acids is 1. The lowest BCUT2D eigenvalue weighted by atomic mass is 10.2. The summed E-state index contributed by atoms with van der Waals surface area (Å²) in [5, 5.41) is 7.03. The predicted molar refractivity (Wildman–Crippen MR) is 67.1 cm³/mol. The zero-order valence-electron chi connectivity index (χ0n) is 10.2. The summed E-state index contributed by atoms with van der Waals surface area (Å²) >= 11 is 0. The summed E-state index contributed by atoms with van der Waals surface area (Å²) in [4.78, 5) is 12.0. The minimum Gasteiger partial charge on any atom is -0.320 e. The number of nitrogens with one attached hydrogen (secondary N) is 1. The highest BCUT2D eigenvalue weighted by Gasteiger charge is 2.12. The van der Waals surface area contributed by atoms with Gasteiger partial charge in [0.15, 0.2) is 0 Å². The molecule has 0 unspecified atom stereocenters. The fraction of sp³-hybridized carbons (Fsp3) is 0.231. The van der Waals surface area contributed by atoms with Gasteiger partial charge in [-0.2, -0.15) is 5.10 Å². The Hall–Kier alpha value is -2.10. The molecule has 4 nitrogen and oxygen atoms in total. The molecule has 2 rings (SSSR count). The Morgan fingerprint density at radius 1 is 1.29 bits per heavy atom. The molecule has 1 aromatic heterocycles. The van der Waals surface area contributed by atoms with Crippen LogP contribution in [0.5, 0.6) is 0 Å². The van der Waals surface area contributed by atoms with E-state index in [4.69, 9.17) is 0 Å². The van der Waals surface area contributed by atoms with E-state index < -0.39 is 0 Å². The van der Waals surface area contributed by atoms with E-state index in [0.717, 1.165) is 16.9 Å². The molecule has 0 aliphatic carbocycles. The molecule has 1 aromatic carbocycles. The van der Waals surface area contributed by atoms with Crippen LogP contribution in [-0.4, -0.2) is 15.7 Å². The monoisotopic (exact) mass is 229 g/mol. The molecule has 0 aliphatic heterocycles. The van der Waals surface area contributed by atoms with Gasteiger partial charge in [-0.25, -0.2) is 0 Å². The van der Waals surface area contributed by atoms with E-state index in [9.17, 15) is 4.79 Å². The number of hydrogen-bond donors (Lipinski definition) is 1. The molecule has 1 amide bonds. The second-order valence-corrected chi connectivity index (χ2v) is 4.06. The number of benzene rings is 1. The lowest BCUT2D eigenvalue weighted by Crippen LogP contribution is -2.16. The number of rotatable bonds is 2. The highest BCUT2D eigenvalue weighted by Crippen LogP contribution is 2.14. The summed E-state index contributed by atoms with van der Waals surface area (Å²) in [5.74, 6) is -0.137. The Kier molecular flexibility index (Phi) is 2.95. The van der Waals surface area contributed by atoms with Gasteiger partial charge in [-0.15, -0.1) is 0 Å². The first-order valence-electron chi connectivity index (χ1n) is 5.45. The van der Waals surface area contributed by atoms with E-state index in [1.807, 2.05) is 38.1 Å². The van der Waals surface area contributed by atoms with Crippen molar-refractivity contribution in [3.05, 3.63) is 47.3 Å². The molecule has 4 heteroatoms. The number of aromatic nitrogens is 2. The van der Waals surface area contributed by atoms with Crippen LogP contribution in [0, 0.1) is 13.8 Å². The summed E-state index contributed by atoms with van der Waals surface area (Å²) < 4.78 is 1.59. The number of para-hydroxylation sites is 1. The van der Waals surface area contributed by atoms with E-state index in [2.05, 4.69) is 10.4 Å². The minimum absolute atomic E-state index is 0.137. The Balaban J connectivity index is 2.23. The van der Waals surface area contributed by atoms with Crippen LogP contribution >= 0.6 is 0 Å². The number of hydrogen-bond acceptors (Lipinski definition) is 2. The maximum Gasteiger partial charge on any atom is 0.273 e. The van der Waals surface area contributed by atoms with Gasteiger partial charge in [-0.3, -0.25) is 9.48 Å². The lowest BCUT2D eigenvalue weighted by Gasteiger charge is -2.07. The van der Waals surface area contributed by atoms with Crippen molar-refractivity contribution in [2.24, 2.45) is 7.05 Å². The van der Waals surface area contributed by atoms with Crippen LogP contribution < -0.4 is 5.32 Å². The van der Waals surface area contributed by atoms with Crippen molar-refractivity contribution >= 4 is 11.6 Å². The molecule has 0 bridgehead atoms. The zero-order valence-corrected chi connectivity index (χ0v) is 10.2. The summed E-state index contributed by atoms with van der Waals surface area (Å²) in [6, 6.07) is 9.46. The van der Waals surface area contributed by atoms with Gasteiger partial charge in [-0.05, 0) is 31.5 Å². The smallest absolute Gasteiger partial charge is 0.273 e. The third kappa shape index (κ3) is 2.36. The van der Waals surface area contributed by atoms with Crippen LogP contribution in [0.3, 0.4) is 0 Å². The van der Waals surface area contributed by atoms with Crippen LogP contribution in [0.4, 0.5) is 5.69 Å². The topological polar surface area (TPSA) is 46.9 Å². The van der Waals surface area contributed by atoms with E-state index in [-0.39, 0.29) is 5.91 Å². The summed E-state index contributed by atoms with van der Waals surface area (Å²) in [5.41, 5.74) is 3.27. The second-order valence-electron chi connectivity index (χ2n) is 4.06. The van der Waals surface area contributed by atoms with Gasteiger partial charge >= 0.3 is 0 Å². The molecular formula is C13H15N3O. The van der Waals surface area contributed by atoms with Crippen molar-refractivity contribution in [1.29, 1.82) is 0 Å². The molecule has 0 atom stereocenters. The first kappa shape index (κ1) is 11.4. The average molecular weight is 229 g/mol. The van der Waals surface area contributed by atoms with E-state index in [0.29, 0.717) is 5.69 Å². The highest BCUT2D eigenvalue weighted by atomic mass is 16.2. The number of aryl methyl sites for hydroxylation is 3. The van der Waals surface area contributed by atoms with Gasteiger partial charge in [0.1, 0.15) is 5.69 Å². The molecule has 0 saturated carbocycles. The lowest BCUT2D eigenvalue weighted by molar-refractivity contribution is 0.101. The summed E-state index contributed by atoms with van der Waals surface area (Å²) in [6.45, 7) is 3.83. The van der Waals surface area contributed by atoms with Gasteiger partial charge < -0.3 is 5.32 Å². The SMILES string of the molecule is Cc1cc(C(=O)Nc2ccccc2C)n(C)n1. The van der Waals surface area contributed by atoms with E-state index in [1.54, 1.807) is 17.8 Å². The number of nitrogens with zero attached hydrogens (tertiary/aromatic N) is 2. The molecule has 0 spiro atoms. The second kappa shape index (κ2) is 4.41. The third-order valence-corrected chi connectivity index (χ3v) is 2.63. The van der Waals surface area contributed by atoms with Gasteiger partial charge in [-0.1, -0.05) is 18.2 Å². The third-order valence-electron chi connectivity index (χ3n) is 2.63. The van der Waals surface area contributed by atoms with E-state index in [1.165, 1.54) is 0 Å². The van der Waals surface area contributed by atoms with Crippen molar-refractivity contribution < 1.29 is 4.79 Å². The van der Waals surface area contributed by atoms with Crippen molar-refractivity contribution in [1.82, 2.24) is 9.78 Å². The Morgan fingerprint density at radius 2 is 2.00 bits per heavy atom. The summed E-state index contributed by atoms with van der Waals surface area (Å²) in [6.07, 6.45) is 0. The quantitative estimate of drug-likeness (QED) is 0.858. The molecule has 88 valence electrons. The highest BCUT2D eigenvalue weighted by molar-refractivity contribution is 6.03. The largest absolute Gasteiger partial charge is 0.320 e. The Morgan fingerprint density at radius 3 is 2.59 bits per heavy atom. The van der Waals surface area contributed by atoms with Crippen molar-refractivity contribution in [3.63, 3.8) is 0 Å². The van der Waals surface area contributed by atoms with E-state index >= 15 is 0 Å². The average Bonchev–Trinajstić information content (AvgIpc) is 2.61. The van der Waals surface area contributed by atoms with Gasteiger partial charge in [0.05, 0.1) is 5.69 Å². The normalized spacial score (nSPS) is 10.3. The predicted octanol–water partition coefficient (Wildman–Crippen LogP) is 2.29. The molecule has 2 aromatic rings. The molecular weight excluding hydrogens is 214 g/mol. The van der Waals surface area contributed by atoms with Crippen LogP contribution in [0.15, 0.2) is 30.3 Å². The molecule has 0 radical (unpaired) electrons. The molecule has 0 saturated heterocycles. The van der Waals surface area contributed by atoms with Gasteiger partial charge in [0.25, 0.3) is 5.91 Å². The number of amides is 1. The minimum atomic E-state index is -0.137. The Bertz CT molecular complexity index is 558. The molecule has 0 fully saturated rings. The van der Waals surface area contributed by atoms with Crippen molar-refractivity contribution in [3.8, 4) is 0 Å². The van der Waals surface area contributed by atoms with Crippen LogP contribution in [0.1, 0.15) is 21.7 Å². The number of carbonyl (C=O) groups is 1. The standard InChI is InChI=1S/C13H15N3O/c1-9-6-4-5-7-11(9)14-13(17)12-8-10(2)15-16(12)3/h4-8H,1-3H3,(H,14,17). The summed E-state index contributed by atoms with van der Waals surface area (Å²) in [7, 11) is 1.76. The maximum absolute atomic E-state index is 12.0. The zero-order chi connectivity index (χ0) is 12.4. The van der Waals surface area contributed by atoms with Crippen molar-refractivity contribution in [2.75, 3.05) is 5.32 Å². The molecule has 0 aliphatic rings.